The Labute approximate surface area is 114 Å². The van der Waals surface area contributed by atoms with Crippen LogP contribution in [0.1, 0.15) is 33.3 Å². The Bertz CT molecular complexity index is 449. The quantitative estimate of drug-likeness (QED) is 0.859. The summed E-state index contributed by atoms with van der Waals surface area (Å²) in [6.07, 6.45) is 0.382. The number of ether oxygens (including phenoxy) is 2. The molecule has 19 heavy (non-hydrogen) atoms. The number of rotatable bonds is 6. The van der Waals surface area contributed by atoms with E-state index in [9.17, 15) is 9.90 Å². The summed E-state index contributed by atoms with van der Waals surface area (Å²) >= 11 is 0. The number of hydrogen-bond donors (Lipinski definition) is 1. The van der Waals surface area contributed by atoms with Crippen LogP contribution in [0.15, 0.2) is 18.2 Å². The third kappa shape index (κ3) is 3.88. The van der Waals surface area contributed by atoms with Crippen LogP contribution >= 0.6 is 0 Å². The topological polar surface area (TPSA) is 55.8 Å². The Morgan fingerprint density at radius 2 is 1.89 bits per heavy atom. The van der Waals surface area contributed by atoms with Crippen molar-refractivity contribution in [2.75, 3.05) is 7.11 Å². The lowest BCUT2D eigenvalue weighted by atomic mass is 9.85. The molecule has 0 aliphatic rings. The number of carbonyl (C=O) groups is 1. The fraction of sp³-hybridized carbons (Fsp3) is 0.533. The van der Waals surface area contributed by atoms with Crippen molar-refractivity contribution in [1.29, 1.82) is 0 Å². The maximum atomic E-state index is 11.3. The van der Waals surface area contributed by atoms with E-state index in [1.807, 2.05) is 32.0 Å². The van der Waals surface area contributed by atoms with Crippen LogP contribution in [-0.4, -0.2) is 24.3 Å². The molecule has 4 heteroatoms. The van der Waals surface area contributed by atoms with Crippen molar-refractivity contribution in [1.82, 2.24) is 0 Å². The van der Waals surface area contributed by atoms with Crippen LogP contribution in [0.4, 0.5) is 0 Å². The van der Waals surface area contributed by atoms with Crippen molar-refractivity contribution in [2.45, 2.75) is 40.2 Å². The molecule has 0 saturated heterocycles. The van der Waals surface area contributed by atoms with Crippen LogP contribution in [0.2, 0.25) is 0 Å². The second kappa shape index (κ2) is 5.95. The first kappa shape index (κ1) is 15.3. The Morgan fingerprint density at radius 3 is 2.37 bits per heavy atom. The maximum Gasteiger partial charge on any atom is 0.309 e. The molecule has 1 aromatic carbocycles. The zero-order valence-electron chi connectivity index (χ0n) is 12.2. The third-order valence-corrected chi connectivity index (χ3v) is 2.87. The lowest BCUT2D eigenvalue weighted by Gasteiger charge is -2.23. The van der Waals surface area contributed by atoms with E-state index in [0.717, 1.165) is 5.56 Å². The summed E-state index contributed by atoms with van der Waals surface area (Å²) in [5, 5.41) is 9.26. The average Bonchev–Trinajstić information content (AvgIpc) is 2.30. The molecule has 0 bridgehead atoms. The first-order valence-corrected chi connectivity index (χ1v) is 6.34. The van der Waals surface area contributed by atoms with E-state index in [0.29, 0.717) is 17.9 Å². The van der Waals surface area contributed by atoms with Crippen LogP contribution in [0, 0.1) is 5.41 Å². The molecule has 0 radical (unpaired) electrons. The summed E-state index contributed by atoms with van der Waals surface area (Å²) in [4.78, 5) is 11.3. The minimum atomic E-state index is -0.871. The second-order valence-electron chi connectivity index (χ2n) is 5.47. The molecule has 1 aromatic rings. The lowest BCUT2D eigenvalue weighted by molar-refractivity contribution is -0.146. The van der Waals surface area contributed by atoms with Crippen molar-refractivity contribution in [3.8, 4) is 11.5 Å². The molecular weight excluding hydrogens is 244 g/mol. The van der Waals surface area contributed by atoms with Gasteiger partial charge in [0.15, 0.2) is 0 Å². The Kier molecular flexibility index (Phi) is 4.81. The van der Waals surface area contributed by atoms with E-state index in [2.05, 4.69) is 0 Å². The number of carboxylic acids is 1. The van der Waals surface area contributed by atoms with Crippen LogP contribution in [-0.2, 0) is 11.2 Å². The minimum Gasteiger partial charge on any atom is -0.496 e. The molecule has 0 amide bonds. The highest BCUT2D eigenvalue weighted by Gasteiger charge is 2.30. The summed E-state index contributed by atoms with van der Waals surface area (Å²) in [7, 11) is 1.58. The predicted octanol–water partition coefficient (Wildman–Crippen LogP) is 3.14. The molecular formula is C15H22O4. The van der Waals surface area contributed by atoms with Gasteiger partial charge in [-0.15, -0.1) is 0 Å². The van der Waals surface area contributed by atoms with Crippen LogP contribution in [0.3, 0.4) is 0 Å². The van der Waals surface area contributed by atoms with Crippen LogP contribution in [0.5, 0.6) is 11.5 Å². The van der Waals surface area contributed by atoms with Crippen molar-refractivity contribution >= 4 is 5.97 Å². The SMILES string of the molecule is COc1cccc(OC(C)C)c1CC(C)(C)C(=O)O. The number of benzene rings is 1. The molecule has 0 heterocycles. The zero-order valence-corrected chi connectivity index (χ0v) is 12.2. The van der Waals surface area contributed by atoms with Gasteiger partial charge in [-0.05, 0) is 46.2 Å². The molecule has 4 nitrogen and oxygen atoms in total. The molecule has 0 unspecified atom stereocenters. The molecule has 106 valence electrons. The minimum absolute atomic E-state index is 0.0267. The molecule has 1 rings (SSSR count). The number of aliphatic carboxylic acids is 1. The largest absolute Gasteiger partial charge is 0.496 e. The summed E-state index contributed by atoms with van der Waals surface area (Å²) < 4.78 is 11.1. The van der Waals surface area contributed by atoms with Crippen molar-refractivity contribution < 1.29 is 19.4 Å². The Hall–Kier alpha value is -1.71. The van der Waals surface area contributed by atoms with Crippen molar-refractivity contribution in [3.63, 3.8) is 0 Å². The average molecular weight is 266 g/mol. The van der Waals surface area contributed by atoms with Crippen molar-refractivity contribution in [3.05, 3.63) is 23.8 Å². The van der Waals surface area contributed by atoms with E-state index in [-0.39, 0.29) is 6.10 Å². The van der Waals surface area contributed by atoms with Gasteiger partial charge in [0, 0.05) is 5.56 Å². The second-order valence-corrected chi connectivity index (χ2v) is 5.47. The first-order chi connectivity index (χ1) is 8.77. The maximum absolute atomic E-state index is 11.3. The van der Waals surface area contributed by atoms with Gasteiger partial charge in [0.05, 0.1) is 18.6 Å². The zero-order chi connectivity index (χ0) is 14.6. The van der Waals surface area contributed by atoms with Crippen LogP contribution in [0.25, 0.3) is 0 Å². The highest BCUT2D eigenvalue weighted by atomic mass is 16.5. The fourth-order valence-corrected chi connectivity index (χ4v) is 1.79. The highest BCUT2D eigenvalue weighted by Crippen LogP contribution is 2.35. The highest BCUT2D eigenvalue weighted by molar-refractivity contribution is 5.74. The summed E-state index contributed by atoms with van der Waals surface area (Å²) in [6, 6.07) is 5.50. The number of methoxy groups -OCH3 is 1. The van der Waals surface area contributed by atoms with Gasteiger partial charge >= 0.3 is 5.97 Å². The van der Waals surface area contributed by atoms with Gasteiger partial charge < -0.3 is 14.6 Å². The predicted molar refractivity (Wildman–Crippen MR) is 73.9 cm³/mol. The van der Waals surface area contributed by atoms with Gasteiger partial charge in [0.2, 0.25) is 0 Å². The molecule has 0 aliphatic heterocycles. The molecule has 0 saturated carbocycles. The fourth-order valence-electron chi connectivity index (χ4n) is 1.79. The van der Waals surface area contributed by atoms with Gasteiger partial charge in [0.25, 0.3) is 0 Å². The van der Waals surface area contributed by atoms with Gasteiger partial charge in [-0.1, -0.05) is 6.07 Å². The first-order valence-electron chi connectivity index (χ1n) is 6.34. The molecule has 0 atom stereocenters. The Morgan fingerprint density at radius 1 is 1.32 bits per heavy atom. The van der Waals surface area contributed by atoms with E-state index < -0.39 is 11.4 Å². The van der Waals surface area contributed by atoms with Gasteiger partial charge in [-0.25, -0.2) is 0 Å². The summed E-state index contributed by atoms with van der Waals surface area (Å²) in [6.45, 7) is 7.26. The smallest absolute Gasteiger partial charge is 0.309 e. The van der Waals surface area contributed by atoms with Crippen LogP contribution < -0.4 is 9.47 Å². The molecule has 0 spiro atoms. The van der Waals surface area contributed by atoms with Gasteiger partial charge in [-0.2, -0.15) is 0 Å². The lowest BCUT2D eigenvalue weighted by Crippen LogP contribution is -2.27. The molecule has 0 aliphatic carbocycles. The van der Waals surface area contributed by atoms with Crippen molar-refractivity contribution in [2.24, 2.45) is 5.41 Å². The van der Waals surface area contributed by atoms with Gasteiger partial charge in [-0.3, -0.25) is 4.79 Å². The van der Waals surface area contributed by atoms with E-state index in [4.69, 9.17) is 9.47 Å². The monoisotopic (exact) mass is 266 g/mol. The summed E-state index contributed by atoms with van der Waals surface area (Å²) in [5.74, 6) is 0.505. The van der Waals surface area contributed by atoms with E-state index >= 15 is 0 Å². The van der Waals surface area contributed by atoms with Gasteiger partial charge in [0.1, 0.15) is 11.5 Å². The molecule has 0 aromatic heterocycles. The number of hydrogen-bond acceptors (Lipinski definition) is 3. The number of carboxylic acid groups (broad SMARTS) is 1. The molecule has 1 N–H and O–H groups in total. The standard InChI is InChI=1S/C15H22O4/c1-10(2)19-13-8-6-7-12(18-5)11(13)9-15(3,4)14(16)17/h6-8,10H,9H2,1-5H3,(H,16,17). The van der Waals surface area contributed by atoms with E-state index in [1.54, 1.807) is 21.0 Å². The normalized spacial score (nSPS) is 11.5. The molecule has 0 fully saturated rings. The summed E-state index contributed by atoms with van der Waals surface area (Å²) in [5.41, 5.74) is -0.0740. The van der Waals surface area contributed by atoms with E-state index in [1.165, 1.54) is 0 Å². The third-order valence-electron chi connectivity index (χ3n) is 2.87. The Balaban J connectivity index is 3.18.